The quantitative estimate of drug-likeness (QED) is 0.187. The molecule has 0 unspecified atom stereocenters. The highest BCUT2D eigenvalue weighted by atomic mass is 16.3. The predicted molar refractivity (Wildman–Crippen MR) is 202 cm³/mol. The Labute approximate surface area is 287 Å². The van der Waals surface area contributed by atoms with Gasteiger partial charge >= 0.3 is 0 Å². The molecule has 0 aliphatic rings. The average molecular weight is 642 g/mol. The third-order valence-electron chi connectivity index (χ3n) is 9.35. The monoisotopic (exact) mass is 641 g/mol. The van der Waals surface area contributed by atoms with Crippen LogP contribution in [-0.2, 0) is 0 Å². The number of hydrogen-bond acceptors (Lipinski definition) is 5. The maximum absolute atomic E-state index is 6.55. The van der Waals surface area contributed by atoms with Gasteiger partial charge in [-0.2, -0.15) is 0 Å². The van der Waals surface area contributed by atoms with Crippen molar-refractivity contribution in [2.45, 2.75) is 0 Å². The van der Waals surface area contributed by atoms with Gasteiger partial charge in [-0.1, -0.05) is 133 Å². The molecule has 3 heterocycles. The van der Waals surface area contributed by atoms with Crippen LogP contribution >= 0.6 is 0 Å². The first kappa shape index (κ1) is 28.2. The minimum Gasteiger partial charge on any atom is -0.456 e. The zero-order valence-corrected chi connectivity index (χ0v) is 26.7. The molecular formula is C45H27N3O2. The van der Waals surface area contributed by atoms with Gasteiger partial charge in [0.05, 0.1) is 0 Å². The van der Waals surface area contributed by atoms with Gasteiger partial charge < -0.3 is 8.83 Å². The SMILES string of the molecule is c1ccc(-c2ccc(-c3nc(-c4ccccc4)nc(-c4cc(-c5cccc6oc7ccccc7c56)c5c(c4)oc4ccccc45)n3)cc2)cc1. The minimum absolute atomic E-state index is 0.564. The molecule has 5 heteroatoms. The maximum atomic E-state index is 6.55. The summed E-state index contributed by atoms with van der Waals surface area (Å²) in [5.41, 5.74) is 10.3. The molecule has 5 nitrogen and oxygen atoms in total. The van der Waals surface area contributed by atoms with E-state index in [2.05, 4.69) is 97.1 Å². The summed E-state index contributed by atoms with van der Waals surface area (Å²) in [4.78, 5) is 15.2. The molecule has 0 atom stereocenters. The first-order valence-electron chi connectivity index (χ1n) is 16.6. The van der Waals surface area contributed by atoms with Crippen LogP contribution in [0, 0.1) is 0 Å². The third kappa shape index (κ3) is 4.67. The van der Waals surface area contributed by atoms with Gasteiger partial charge in [0, 0.05) is 38.2 Å². The third-order valence-corrected chi connectivity index (χ3v) is 9.35. The second-order valence-electron chi connectivity index (χ2n) is 12.4. The van der Waals surface area contributed by atoms with Gasteiger partial charge in [0.1, 0.15) is 22.3 Å². The van der Waals surface area contributed by atoms with Crippen LogP contribution in [0.2, 0.25) is 0 Å². The molecule has 0 radical (unpaired) electrons. The van der Waals surface area contributed by atoms with Crippen LogP contribution in [0.1, 0.15) is 0 Å². The van der Waals surface area contributed by atoms with Crippen molar-refractivity contribution in [3.05, 3.63) is 164 Å². The van der Waals surface area contributed by atoms with E-state index in [-0.39, 0.29) is 0 Å². The van der Waals surface area contributed by atoms with Crippen LogP contribution in [0.3, 0.4) is 0 Å². The van der Waals surface area contributed by atoms with E-state index in [0.29, 0.717) is 17.5 Å². The smallest absolute Gasteiger partial charge is 0.164 e. The molecule has 0 N–H and O–H groups in total. The normalized spacial score (nSPS) is 11.6. The number of benzene rings is 7. The molecule has 0 aliphatic carbocycles. The highest BCUT2D eigenvalue weighted by Crippen LogP contribution is 2.44. The molecule has 3 aromatic heterocycles. The largest absolute Gasteiger partial charge is 0.456 e. The number of furan rings is 2. The Morgan fingerprint density at radius 2 is 0.760 bits per heavy atom. The van der Waals surface area contributed by atoms with Crippen molar-refractivity contribution in [2.24, 2.45) is 0 Å². The molecule has 0 bridgehead atoms. The van der Waals surface area contributed by atoms with Gasteiger partial charge in [0.15, 0.2) is 17.5 Å². The van der Waals surface area contributed by atoms with Gasteiger partial charge in [-0.25, -0.2) is 15.0 Å². The molecule has 0 saturated heterocycles. The van der Waals surface area contributed by atoms with Crippen molar-refractivity contribution in [2.75, 3.05) is 0 Å². The Hall–Kier alpha value is -6.85. The van der Waals surface area contributed by atoms with Gasteiger partial charge in [-0.05, 0) is 52.6 Å². The summed E-state index contributed by atoms with van der Waals surface area (Å²) >= 11 is 0. The zero-order chi connectivity index (χ0) is 33.0. The Morgan fingerprint density at radius 1 is 0.300 bits per heavy atom. The van der Waals surface area contributed by atoms with E-state index in [1.54, 1.807) is 0 Å². The summed E-state index contributed by atoms with van der Waals surface area (Å²) in [6, 6.07) is 55.7. The van der Waals surface area contributed by atoms with Crippen LogP contribution in [0.5, 0.6) is 0 Å². The van der Waals surface area contributed by atoms with Gasteiger partial charge in [0.2, 0.25) is 0 Å². The van der Waals surface area contributed by atoms with E-state index in [9.17, 15) is 0 Å². The molecule has 0 spiro atoms. The second-order valence-corrected chi connectivity index (χ2v) is 12.4. The van der Waals surface area contributed by atoms with Crippen LogP contribution in [0.25, 0.3) is 100 Å². The first-order valence-corrected chi connectivity index (χ1v) is 16.6. The first-order chi connectivity index (χ1) is 24.8. The summed E-state index contributed by atoms with van der Waals surface area (Å²) in [5, 5.41) is 4.22. The molecular weight excluding hydrogens is 615 g/mol. The fourth-order valence-corrected chi connectivity index (χ4v) is 6.99. The molecule has 10 aromatic rings. The van der Waals surface area contributed by atoms with E-state index >= 15 is 0 Å². The number of nitrogens with zero attached hydrogens (tertiary/aromatic N) is 3. The molecule has 0 amide bonds. The highest BCUT2D eigenvalue weighted by molar-refractivity contribution is 6.20. The Balaban J connectivity index is 1.22. The van der Waals surface area contributed by atoms with Crippen LogP contribution < -0.4 is 0 Å². The summed E-state index contributed by atoms with van der Waals surface area (Å²) in [7, 11) is 0. The van der Waals surface area contributed by atoms with Gasteiger partial charge in [-0.15, -0.1) is 0 Å². The molecule has 50 heavy (non-hydrogen) atoms. The van der Waals surface area contributed by atoms with Crippen molar-refractivity contribution in [1.29, 1.82) is 0 Å². The predicted octanol–water partition coefficient (Wildman–Crippen LogP) is 12.0. The zero-order valence-electron chi connectivity index (χ0n) is 26.7. The van der Waals surface area contributed by atoms with Crippen molar-refractivity contribution in [3.8, 4) is 56.4 Å². The van der Waals surface area contributed by atoms with Crippen molar-refractivity contribution in [3.63, 3.8) is 0 Å². The summed E-state index contributed by atoms with van der Waals surface area (Å²) in [6.45, 7) is 0. The summed E-state index contributed by atoms with van der Waals surface area (Å²) < 4.78 is 12.9. The Kier molecular flexibility index (Phi) is 6.42. The molecule has 10 rings (SSSR count). The number of fused-ring (bicyclic) bond motifs is 6. The lowest BCUT2D eigenvalue weighted by atomic mass is 9.93. The van der Waals surface area contributed by atoms with Crippen LogP contribution in [0.4, 0.5) is 0 Å². The number of para-hydroxylation sites is 2. The molecule has 234 valence electrons. The van der Waals surface area contributed by atoms with E-state index < -0.39 is 0 Å². The maximum Gasteiger partial charge on any atom is 0.164 e. The van der Waals surface area contributed by atoms with Gasteiger partial charge in [0.25, 0.3) is 0 Å². The number of hydrogen-bond donors (Lipinski definition) is 0. The van der Waals surface area contributed by atoms with Crippen molar-refractivity contribution < 1.29 is 8.83 Å². The van der Waals surface area contributed by atoms with Crippen LogP contribution in [0.15, 0.2) is 173 Å². The summed E-state index contributed by atoms with van der Waals surface area (Å²) in [6.07, 6.45) is 0. The summed E-state index contributed by atoms with van der Waals surface area (Å²) in [5.74, 6) is 1.77. The topological polar surface area (TPSA) is 65.0 Å². The number of aromatic nitrogens is 3. The van der Waals surface area contributed by atoms with Crippen molar-refractivity contribution >= 4 is 43.9 Å². The fraction of sp³-hybridized carbons (Fsp3) is 0. The van der Waals surface area contributed by atoms with E-state index in [1.807, 2.05) is 66.7 Å². The van der Waals surface area contributed by atoms with E-state index in [1.165, 1.54) is 0 Å². The number of rotatable bonds is 5. The lowest BCUT2D eigenvalue weighted by Crippen LogP contribution is -2.00. The van der Waals surface area contributed by atoms with E-state index in [4.69, 9.17) is 23.8 Å². The van der Waals surface area contributed by atoms with Gasteiger partial charge in [-0.3, -0.25) is 0 Å². The standard InChI is InChI=1S/C45H27N3O2/c1-3-12-28(13-4-1)29-22-24-31(25-23-29)44-46-43(30-14-5-2-6-15-30)47-45(48-44)32-26-36(42-35-17-8-10-20-38(35)50-40(42)27-32)33-18-11-21-39-41(33)34-16-7-9-19-37(34)49-39/h1-27H. The molecule has 7 aromatic carbocycles. The molecule has 0 aliphatic heterocycles. The van der Waals surface area contributed by atoms with Crippen LogP contribution in [-0.4, -0.2) is 15.0 Å². The Bertz CT molecular complexity index is 2850. The fourth-order valence-electron chi connectivity index (χ4n) is 6.99. The van der Waals surface area contributed by atoms with E-state index in [0.717, 1.165) is 82.8 Å². The lowest BCUT2D eigenvalue weighted by Gasteiger charge is -2.12. The second kappa shape index (κ2) is 11.4. The molecule has 0 fully saturated rings. The lowest BCUT2D eigenvalue weighted by molar-refractivity contribution is 0.668. The molecule has 0 saturated carbocycles. The average Bonchev–Trinajstić information content (AvgIpc) is 3.77. The Morgan fingerprint density at radius 3 is 1.42 bits per heavy atom. The van der Waals surface area contributed by atoms with Crippen molar-refractivity contribution in [1.82, 2.24) is 15.0 Å². The highest BCUT2D eigenvalue weighted by Gasteiger charge is 2.21. The minimum atomic E-state index is 0.564.